The maximum Gasteiger partial charge on any atom is 0.227 e. The van der Waals surface area contributed by atoms with Crippen molar-refractivity contribution in [2.75, 3.05) is 11.4 Å². The molecule has 28 heavy (non-hydrogen) atoms. The van der Waals surface area contributed by atoms with Crippen LogP contribution in [-0.4, -0.2) is 28.6 Å². The van der Waals surface area contributed by atoms with Gasteiger partial charge in [0.2, 0.25) is 11.8 Å². The van der Waals surface area contributed by atoms with Gasteiger partial charge in [0.15, 0.2) is 0 Å². The van der Waals surface area contributed by atoms with E-state index in [0.29, 0.717) is 18.8 Å². The number of carbonyl (C=O) groups excluding carboxylic acids is 2. The highest BCUT2D eigenvalue weighted by Gasteiger charge is 2.35. The van der Waals surface area contributed by atoms with Gasteiger partial charge in [-0.15, -0.1) is 0 Å². The van der Waals surface area contributed by atoms with Crippen LogP contribution in [0.5, 0.6) is 0 Å². The summed E-state index contributed by atoms with van der Waals surface area (Å²) in [5.41, 5.74) is 1.73. The molecule has 142 valence electrons. The summed E-state index contributed by atoms with van der Waals surface area (Å²) in [7, 11) is 0. The second-order valence-electron chi connectivity index (χ2n) is 6.64. The van der Waals surface area contributed by atoms with E-state index in [4.69, 9.17) is 0 Å². The highest BCUT2D eigenvalue weighted by Crippen LogP contribution is 2.27. The Morgan fingerprint density at radius 3 is 2.61 bits per heavy atom. The molecule has 0 radical (unpaired) electrons. The molecule has 0 aliphatic carbocycles. The third kappa shape index (κ3) is 4.26. The lowest BCUT2D eigenvalue weighted by atomic mass is 10.1. The SMILES string of the molecule is O=C(NCc1ccc(Sc2ccccc2)cc1)C1CC(=O)N(c2cn[nH]c2)C1. The number of aromatic nitrogens is 2. The van der Waals surface area contributed by atoms with Gasteiger partial charge >= 0.3 is 0 Å². The zero-order valence-corrected chi connectivity index (χ0v) is 16.0. The molecule has 1 aromatic heterocycles. The number of anilines is 1. The van der Waals surface area contributed by atoms with Gasteiger partial charge in [0.25, 0.3) is 0 Å². The first-order chi connectivity index (χ1) is 13.7. The summed E-state index contributed by atoms with van der Waals surface area (Å²) >= 11 is 1.70. The van der Waals surface area contributed by atoms with E-state index in [1.54, 1.807) is 29.1 Å². The number of H-pyrrole nitrogens is 1. The van der Waals surface area contributed by atoms with Crippen LogP contribution in [0.4, 0.5) is 5.69 Å². The van der Waals surface area contributed by atoms with E-state index in [9.17, 15) is 9.59 Å². The van der Waals surface area contributed by atoms with Crippen LogP contribution >= 0.6 is 11.8 Å². The van der Waals surface area contributed by atoms with Crippen molar-refractivity contribution < 1.29 is 9.59 Å². The molecule has 3 aromatic rings. The molecule has 1 unspecified atom stereocenters. The van der Waals surface area contributed by atoms with Crippen LogP contribution in [0.3, 0.4) is 0 Å². The van der Waals surface area contributed by atoms with E-state index in [1.165, 1.54) is 4.90 Å². The Morgan fingerprint density at radius 1 is 1.14 bits per heavy atom. The molecular formula is C21H20N4O2S. The number of carbonyl (C=O) groups is 2. The van der Waals surface area contributed by atoms with Crippen LogP contribution in [0, 0.1) is 5.92 Å². The number of benzene rings is 2. The van der Waals surface area contributed by atoms with Crippen LogP contribution in [0.25, 0.3) is 0 Å². The van der Waals surface area contributed by atoms with Gasteiger partial charge in [-0.25, -0.2) is 0 Å². The number of hydrogen-bond donors (Lipinski definition) is 2. The summed E-state index contributed by atoms with van der Waals surface area (Å²) in [4.78, 5) is 28.6. The fourth-order valence-corrected chi connectivity index (χ4v) is 4.00. The van der Waals surface area contributed by atoms with Crippen molar-refractivity contribution in [2.24, 2.45) is 5.92 Å². The summed E-state index contributed by atoms with van der Waals surface area (Å²) in [5, 5.41) is 9.50. The topological polar surface area (TPSA) is 78.1 Å². The van der Waals surface area contributed by atoms with Crippen molar-refractivity contribution in [2.45, 2.75) is 22.8 Å². The third-order valence-corrected chi connectivity index (χ3v) is 5.68. The normalized spacial score (nSPS) is 16.4. The molecule has 4 rings (SSSR count). The quantitative estimate of drug-likeness (QED) is 0.675. The number of nitrogens with one attached hydrogen (secondary N) is 2. The first kappa shape index (κ1) is 18.3. The molecule has 2 aromatic carbocycles. The first-order valence-corrected chi connectivity index (χ1v) is 9.89. The molecular weight excluding hydrogens is 372 g/mol. The van der Waals surface area contributed by atoms with Crippen molar-refractivity contribution in [1.82, 2.24) is 15.5 Å². The van der Waals surface area contributed by atoms with Crippen molar-refractivity contribution in [1.29, 1.82) is 0 Å². The molecule has 1 atom stereocenters. The molecule has 2 N–H and O–H groups in total. The van der Waals surface area contributed by atoms with Crippen LogP contribution < -0.4 is 10.2 Å². The highest BCUT2D eigenvalue weighted by atomic mass is 32.2. The summed E-state index contributed by atoms with van der Waals surface area (Å²) in [6, 6.07) is 18.3. The van der Waals surface area contributed by atoms with Gasteiger partial charge < -0.3 is 10.2 Å². The second kappa shape index (κ2) is 8.31. The highest BCUT2D eigenvalue weighted by molar-refractivity contribution is 7.99. The Balaban J connectivity index is 1.29. The van der Waals surface area contributed by atoms with Crippen LogP contribution in [0.2, 0.25) is 0 Å². The number of amides is 2. The van der Waals surface area contributed by atoms with E-state index in [-0.39, 0.29) is 24.2 Å². The smallest absolute Gasteiger partial charge is 0.227 e. The lowest BCUT2D eigenvalue weighted by Crippen LogP contribution is -2.32. The fourth-order valence-electron chi connectivity index (χ4n) is 3.16. The van der Waals surface area contributed by atoms with Gasteiger partial charge in [0.1, 0.15) is 0 Å². The Kier molecular flexibility index (Phi) is 5.43. The van der Waals surface area contributed by atoms with E-state index in [2.05, 4.69) is 39.8 Å². The molecule has 0 spiro atoms. The molecule has 1 fully saturated rings. The summed E-state index contributed by atoms with van der Waals surface area (Å²) in [6.07, 6.45) is 3.48. The van der Waals surface area contributed by atoms with Gasteiger partial charge in [-0.05, 0) is 29.8 Å². The average Bonchev–Trinajstić information content (AvgIpc) is 3.37. The summed E-state index contributed by atoms with van der Waals surface area (Å²) in [5.74, 6) is -0.485. The van der Waals surface area contributed by atoms with Gasteiger partial charge in [-0.3, -0.25) is 14.7 Å². The van der Waals surface area contributed by atoms with E-state index >= 15 is 0 Å². The van der Waals surface area contributed by atoms with Crippen molar-refractivity contribution in [3.05, 3.63) is 72.6 Å². The molecule has 2 heterocycles. The standard InChI is InChI=1S/C21H20N4O2S/c26-20-10-16(14-25(20)17-12-23-24-13-17)21(27)22-11-15-6-8-19(9-7-15)28-18-4-2-1-3-5-18/h1-9,12-13,16H,10-11,14H2,(H,22,27)(H,23,24). The predicted molar refractivity (Wildman–Crippen MR) is 108 cm³/mol. The summed E-state index contributed by atoms with van der Waals surface area (Å²) < 4.78 is 0. The molecule has 0 saturated carbocycles. The Bertz CT molecular complexity index is 942. The zero-order chi connectivity index (χ0) is 19.3. The number of aromatic amines is 1. The maximum atomic E-state index is 12.5. The van der Waals surface area contributed by atoms with Gasteiger partial charge in [-0.1, -0.05) is 42.1 Å². The van der Waals surface area contributed by atoms with Gasteiger partial charge in [0, 0.05) is 35.5 Å². The monoisotopic (exact) mass is 392 g/mol. The molecule has 1 saturated heterocycles. The van der Waals surface area contributed by atoms with Gasteiger partial charge in [0.05, 0.1) is 17.8 Å². The minimum Gasteiger partial charge on any atom is -0.352 e. The lowest BCUT2D eigenvalue weighted by molar-refractivity contribution is -0.126. The Labute approximate surface area is 167 Å². The Hall–Kier alpha value is -3.06. The molecule has 2 amide bonds. The zero-order valence-electron chi connectivity index (χ0n) is 15.2. The minimum absolute atomic E-state index is 0.0520. The van der Waals surface area contributed by atoms with Crippen LogP contribution in [0.1, 0.15) is 12.0 Å². The Morgan fingerprint density at radius 2 is 1.89 bits per heavy atom. The third-order valence-electron chi connectivity index (χ3n) is 4.66. The lowest BCUT2D eigenvalue weighted by Gasteiger charge is -2.14. The van der Waals surface area contributed by atoms with Crippen molar-refractivity contribution in [3.8, 4) is 0 Å². The number of rotatable bonds is 6. The molecule has 7 heteroatoms. The van der Waals surface area contributed by atoms with E-state index < -0.39 is 0 Å². The minimum atomic E-state index is -0.338. The maximum absolute atomic E-state index is 12.5. The van der Waals surface area contributed by atoms with Crippen molar-refractivity contribution >= 4 is 29.3 Å². The molecule has 1 aliphatic heterocycles. The largest absolute Gasteiger partial charge is 0.352 e. The summed E-state index contributed by atoms with van der Waals surface area (Å²) in [6.45, 7) is 0.836. The molecule has 1 aliphatic rings. The van der Waals surface area contributed by atoms with E-state index in [0.717, 1.165) is 10.5 Å². The fraction of sp³-hybridized carbons (Fsp3) is 0.190. The number of nitrogens with zero attached hydrogens (tertiary/aromatic N) is 2. The van der Waals surface area contributed by atoms with Crippen molar-refractivity contribution in [3.63, 3.8) is 0 Å². The van der Waals surface area contributed by atoms with Crippen LogP contribution in [-0.2, 0) is 16.1 Å². The second-order valence-corrected chi connectivity index (χ2v) is 7.79. The van der Waals surface area contributed by atoms with Crippen LogP contribution in [0.15, 0.2) is 76.8 Å². The van der Waals surface area contributed by atoms with E-state index in [1.807, 2.05) is 30.3 Å². The molecule has 6 nitrogen and oxygen atoms in total. The first-order valence-electron chi connectivity index (χ1n) is 9.08. The average molecular weight is 392 g/mol. The number of hydrogen-bond acceptors (Lipinski definition) is 4. The predicted octanol–water partition coefficient (Wildman–Crippen LogP) is 3.23. The van der Waals surface area contributed by atoms with Gasteiger partial charge in [-0.2, -0.15) is 5.10 Å². The molecule has 0 bridgehead atoms.